The summed E-state index contributed by atoms with van der Waals surface area (Å²) < 4.78 is 14.4. The molecule has 7 heteroatoms. The highest BCUT2D eigenvalue weighted by Crippen LogP contribution is 2.30. The van der Waals surface area contributed by atoms with Crippen molar-refractivity contribution in [1.29, 1.82) is 0 Å². The van der Waals surface area contributed by atoms with Crippen molar-refractivity contribution in [3.05, 3.63) is 18.5 Å². The minimum absolute atomic E-state index is 0.270. The van der Waals surface area contributed by atoms with Crippen LogP contribution in [-0.4, -0.2) is 51.9 Å². The van der Waals surface area contributed by atoms with E-state index in [1.54, 1.807) is 39.2 Å². The zero-order valence-corrected chi connectivity index (χ0v) is 13.2. The van der Waals surface area contributed by atoms with Crippen molar-refractivity contribution >= 4 is 17.5 Å². The van der Waals surface area contributed by atoms with Crippen LogP contribution in [0, 0.1) is 0 Å². The molecule has 0 spiro atoms. The van der Waals surface area contributed by atoms with Gasteiger partial charge < -0.3 is 15.7 Å². The summed E-state index contributed by atoms with van der Waals surface area (Å²) >= 11 is 0. The molecule has 2 atom stereocenters. The number of aromatic nitrogens is 1. The molecule has 1 saturated heterocycles. The second-order valence-corrected chi connectivity index (χ2v) is 6.58. The number of halogens is 1. The molecule has 122 valence electrons. The third kappa shape index (κ3) is 3.23. The molecule has 0 bridgehead atoms. The van der Waals surface area contributed by atoms with E-state index < -0.39 is 23.8 Å². The molecule has 1 amide bonds. The Balaban J connectivity index is 2.28. The summed E-state index contributed by atoms with van der Waals surface area (Å²) in [7, 11) is 0. The highest BCUT2D eigenvalue weighted by Gasteiger charge is 2.41. The molecular formula is C15H23FN4O2. The third-order valence-corrected chi connectivity index (χ3v) is 3.93. The molecule has 1 aromatic heterocycles. The van der Waals surface area contributed by atoms with Gasteiger partial charge in [0.1, 0.15) is 6.17 Å². The predicted octanol–water partition coefficient (Wildman–Crippen LogP) is 2.36. The number of alkyl halides is 1. The highest BCUT2D eigenvalue weighted by atomic mass is 19.1. The fraction of sp³-hybridized carbons (Fsp3) is 0.600. The van der Waals surface area contributed by atoms with Crippen LogP contribution in [0.1, 0.15) is 27.2 Å². The molecule has 6 nitrogen and oxygen atoms in total. The number of carbonyl (C=O) groups is 1. The lowest BCUT2D eigenvalue weighted by atomic mass is 9.96. The van der Waals surface area contributed by atoms with E-state index in [9.17, 15) is 14.3 Å². The van der Waals surface area contributed by atoms with Gasteiger partial charge in [0.2, 0.25) is 0 Å². The minimum Gasteiger partial charge on any atom is -0.465 e. The van der Waals surface area contributed by atoms with Crippen LogP contribution >= 0.6 is 0 Å². The van der Waals surface area contributed by atoms with Gasteiger partial charge in [0, 0.05) is 24.8 Å². The minimum atomic E-state index is -1.19. The number of nitrogens with two attached hydrogens (primary N) is 1. The zero-order valence-electron chi connectivity index (χ0n) is 13.2. The van der Waals surface area contributed by atoms with Gasteiger partial charge in [-0.05, 0) is 33.3 Å². The zero-order chi connectivity index (χ0) is 16.5. The van der Waals surface area contributed by atoms with Gasteiger partial charge in [0.25, 0.3) is 0 Å². The number of nitrogens with zero attached hydrogens (tertiary/aromatic N) is 3. The lowest BCUT2D eigenvalue weighted by Crippen LogP contribution is -2.61. The van der Waals surface area contributed by atoms with Gasteiger partial charge in [-0.3, -0.25) is 9.88 Å². The van der Waals surface area contributed by atoms with Gasteiger partial charge in [-0.1, -0.05) is 0 Å². The lowest BCUT2D eigenvalue weighted by Gasteiger charge is -2.46. The summed E-state index contributed by atoms with van der Waals surface area (Å²) in [6.45, 7) is 6.09. The average Bonchev–Trinajstić information content (AvgIpc) is 2.40. The van der Waals surface area contributed by atoms with E-state index in [1.165, 1.54) is 4.90 Å². The van der Waals surface area contributed by atoms with E-state index in [-0.39, 0.29) is 13.0 Å². The quantitative estimate of drug-likeness (QED) is 0.876. The van der Waals surface area contributed by atoms with Crippen LogP contribution in [0.4, 0.5) is 20.6 Å². The number of carboxylic acid groups (broad SMARTS) is 1. The maximum Gasteiger partial charge on any atom is 0.408 e. The van der Waals surface area contributed by atoms with Crippen LogP contribution in [0.3, 0.4) is 0 Å². The summed E-state index contributed by atoms with van der Waals surface area (Å²) in [4.78, 5) is 18.7. The predicted molar refractivity (Wildman–Crippen MR) is 83.8 cm³/mol. The molecular weight excluding hydrogens is 287 g/mol. The molecule has 1 aliphatic rings. The van der Waals surface area contributed by atoms with Crippen molar-refractivity contribution in [3.8, 4) is 0 Å². The number of hydrogen-bond acceptors (Lipinski definition) is 4. The van der Waals surface area contributed by atoms with Crippen molar-refractivity contribution in [1.82, 2.24) is 9.88 Å². The number of pyridine rings is 1. The van der Waals surface area contributed by atoms with Crippen molar-refractivity contribution in [2.75, 3.05) is 23.7 Å². The molecule has 0 unspecified atom stereocenters. The molecule has 2 heterocycles. The fourth-order valence-electron chi connectivity index (χ4n) is 2.98. The molecule has 1 aliphatic heterocycles. The Bertz CT molecular complexity index is 547. The van der Waals surface area contributed by atoms with Gasteiger partial charge in [-0.2, -0.15) is 0 Å². The van der Waals surface area contributed by atoms with Gasteiger partial charge in [0.05, 0.1) is 23.6 Å². The van der Waals surface area contributed by atoms with E-state index in [2.05, 4.69) is 4.98 Å². The first-order valence-corrected chi connectivity index (χ1v) is 7.32. The van der Waals surface area contributed by atoms with Gasteiger partial charge >= 0.3 is 6.09 Å². The summed E-state index contributed by atoms with van der Waals surface area (Å²) in [5.41, 5.74) is 6.53. The Hall–Kier alpha value is -2.05. The molecule has 0 aliphatic carbocycles. The SMILES string of the molecule is CC(C)(C)N(C(=O)O)[C@H]1CN(c2ccncc2N)CC[C@@H]1F. The van der Waals surface area contributed by atoms with Crippen LogP contribution in [0.15, 0.2) is 18.5 Å². The average molecular weight is 310 g/mol. The molecule has 1 fully saturated rings. The Morgan fingerprint density at radius 2 is 2.23 bits per heavy atom. The van der Waals surface area contributed by atoms with Gasteiger partial charge in [0.15, 0.2) is 0 Å². The largest absolute Gasteiger partial charge is 0.465 e. The van der Waals surface area contributed by atoms with E-state index in [1.807, 2.05) is 4.90 Å². The first-order valence-electron chi connectivity index (χ1n) is 7.32. The van der Waals surface area contributed by atoms with Crippen molar-refractivity contribution in [2.45, 2.75) is 44.9 Å². The van der Waals surface area contributed by atoms with E-state index >= 15 is 0 Å². The fourth-order valence-corrected chi connectivity index (χ4v) is 2.98. The topological polar surface area (TPSA) is 82.7 Å². The van der Waals surface area contributed by atoms with Crippen LogP contribution in [0.2, 0.25) is 0 Å². The highest BCUT2D eigenvalue weighted by molar-refractivity contribution is 5.68. The van der Waals surface area contributed by atoms with E-state index in [4.69, 9.17) is 5.73 Å². The number of rotatable bonds is 2. The molecule has 0 radical (unpaired) electrons. The summed E-state index contributed by atoms with van der Waals surface area (Å²) in [5.74, 6) is 0. The molecule has 0 aromatic carbocycles. The lowest BCUT2D eigenvalue weighted by molar-refractivity contribution is 0.0315. The first kappa shape index (κ1) is 16.3. The van der Waals surface area contributed by atoms with Crippen LogP contribution in [-0.2, 0) is 0 Å². The summed E-state index contributed by atoms with van der Waals surface area (Å²) in [6.07, 6.45) is 1.15. The van der Waals surface area contributed by atoms with Crippen molar-refractivity contribution in [2.24, 2.45) is 0 Å². The number of piperidine rings is 1. The van der Waals surface area contributed by atoms with Crippen LogP contribution in [0.25, 0.3) is 0 Å². The number of nitrogen functional groups attached to an aromatic ring is 1. The number of anilines is 2. The Kier molecular flexibility index (Phi) is 4.44. The van der Waals surface area contributed by atoms with Gasteiger partial charge in [-0.25, -0.2) is 9.18 Å². The van der Waals surface area contributed by atoms with Crippen molar-refractivity contribution in [3.63, 3.8) is 0 Å². The third-order valence-electron chi connectivity index (χ3n) is 3.93. The summed E-state index contributed by atoms with van der Waals surface area (Å²) in [5, 5.41) is 9.50. The Morgan fingerprint density at radius 3 is 2.77 bits per heavy atom. The first-order chi connectivity index (χ1) is 10.2. The van der Waals surface area contributed by atoms with Crippen LogP contribution < -0.4 is 10.6 Å². The smallest absolute Gasteiger partial charge is 0.408 e. The molecule has 1 aromatic rings. The maximum absolute atomic E-state index is 14.4. The summed E-state index contributed by atoms with van der Waals surface area (Å²) in [6, 6.07) is 1.05. The van der Waals surface area contributed by atoms with Crippen molar-refractivity contribution < 1.29 is 14.3 Å². The normalized spacial score (nSPS) is 22.5. The molecule has 2 rings (SSSR count). The monoisotopic (exact) mass is 310 g/mol. The van der Waals surface area contributed by atoms with Crippen LogP contribution in [0.5, 0.6) is 0 Å². The standard InChI is InChI=1S/C15H23FN4O2/c1-15(2,3)20(14(21)22)13-9-19(7-5-10(13)16)12-4-6-18-8-11(12)17/h4,6,8,10,13H,5,7,9,17H2,1-3H3,(H,21,22)/t10-,13-/m0/s1. The number of amides is 1. The molecule has 0 saturated carbocycles. The Labute approximate surface area is 129 Å². The molecule has 3 N–H and O–H groups in total. The van der Waals surface area contributed by atoms with E-state index in [0.717, 1.165) is 5.69 Å². The van der Waals surface area contributed by atoms with Gasteiger partial charge in [-0.15, -0.1) is 0 Å². The Morgan fingerprint density at radius 1 is 1.55 bits per heavy atom. The number of hydrogen-bond donors (Lipinski definition) is 2. The maximum atomic E-state index is 14.4. The second-order valence-electron chi connectivity index (χ2n) is 6.58. The second kappa shape index (κ2) is 5.98. The van der Waals surface area contributed by atoms with E-state index in [0.29, 0.717) is 12.2 Å². The molecule has 22 heavy (non-hydrogen) atoms.